The van der Waals surface area contributed by atoms with Crippen molar-refractivity contribution in [2.75, 3.05) is 19.8 Å². The van der Waals surface area contributed by atoms with E-state index >= 15 is 0 Å². The van der Waals surface area contributed by atoms with E-state index in [1.165, 1.54) is 13.0 Å². The van der Waals surface area contributed by atoms with E-state index in [1.807, 2.05) is 0 Å². The van der Waals surface area contributed by atoms with Gasteiger partial charge in [-0.2, -0.15) is 0 Å². The van der Waals surface area contributed by atoms with Gasteiger partial charge >= 0.3 is 5.97 Å². The van der Waals surface area contributed by atoms with Crippen molar-refractivity contribution in [3.63, 3.8) is 0 Å². The summed E-state index contributed by atoms with van der Waals surface area (Å²) in [5.74, 6) is -0.452. The highest BCUT2D eigenvalue weighted by Crippen LogP contribution is 2.15. The maximum absolute atomic E-state index is 10.8. The Kier molecular flexibility index (Phi) is 4.85. The molecule has 18 heavy (non-hydrogen) atoms. The second-order valence-electron chi connectivity index (χ2n) is 4.10. The number of carboxylic acid groups (broad SMARTS) is 1. The summed E-state index contributed by atoms with van der Waals surface area (Å²) >= 11 is 0. The minimum Gasteiger partial charge on any atom is -0.478 e. The number of hydrogen-bond acceptors (Lipinski definition) is 6. The highest BCUT2D eigenvalue weighted by atomic mass is 16.4. The lowest BCUT2D eigenvalue weighted by molar-refractivity contribution is 0.0401. The van der Waals surface area contributed by atoms with Crippen LogP contribution in [0.1, 0.15) is 21.9 Å². The van der Waals surface area contributed by atoms with E-state index in [1.54, 1.807) is 0 Å². The number of aliphatic hydroxyl groups excluding tert-OH is 3. The summed E-state index contributed by atoms with van der Waals surface area (Å²) in [6, 6.07) is 1.36. The highest BCUT2D eigenvalue weighted by molar-refractivity contribution is 5.88. The van der Waals surface area contributed by atoms with Crippen molar-refractivity contribution in [1.82, 2.24) is 5.32 Å². The first-order valence-corrected chi connectivity index (χ1v) is 5.38. The summed E-state index contributed by atoms with van der Waals surface area (Å²) in [7, 11) is 0. The number of furan rings is 1. The Morgan fingerprint density at radius 3 is 2.28 bits per heavy atom. The van der Waals surface area contributed by atoms with Crippen molar-refractivity contribution >= 4 is 5.97 Å². The van der Waals surface area contributed by atoms with Crippen LogP contribution in [0.5, 0.6) is 0 Å². The lowest BCUT2D eigenvalue weighted by Crippen LogP contribution is -2.54. The van der Waals surface area contributed by atoms with Gasteiger partial charge in [0.1, 0.15) is 17.1 Å². The SMILES string of the molecule is Cc1oc(CNC(CO)(CO)CO)cc1C(=O)O. The van der Waals surface area contributed by atoms with Crippen LogP contribution in [0.25, 0.3) is 0 Å². The monoisotopic (exact) mass is 259 g/mol. The zero-order valence-corrected chi connectivity index (χ0v) is 10.0. The molecule has 0 radical (unpaired) electrons. The summed E-state index contributed by atoms with van der Waals surface area (Å²) in [5.41, 5.74) is -1.15. The van der Waals surface area contributed by atoms with Gasteiger partial charge in [0.15, 0.2) is 0 Å². The number of rotatable bonds is 7. The van der Waals surface area contributed by atoms with E-state index in [2.05, 4.69) is 5.32 Å². The molecule has 5 N–H and O–H groups in total. The summed E-state index contributed by atoms with van der Waals surface area (Å²) in [4.78, 5) is 10.8. The largest absolute Gasteiger partial charge is 0.478 e. The molecular formula is C11H17NO6. The lowest BCUT2D eigenvalue weighted by Gasteiger charge is -2.28. The van der Waals surface area contributed by atoms with Gasteiger partial charge in [-0.1, -0.05) is 0 Å². The fraction of sp³-hybridized carbons (Fsp3) is 0.545. The van der Waals surface area contributed by atoms with Crippen molar-refractivity contribution in [2.45, 2.75) is 19.0 Å². The van der Waals surface area contributed by atoms with E-state index in [9.17, 15) is 4.79 Å². The first kappa shape index (κ1) is 14.7. The molecule has 0 aliphatic heterocycles. The summed E-state index contributed by atoms with van der Waals surface area (Å²) in [6.07, 6.45) is 0. The average Bonchev–Trinajstić information content (AvgIpc) is 2.73. The molecule has 7 heteroatoms. The first-order chi connectivity index (χ1) is 8.48. The number of aryl methyl sites for hydroxylation is 1. The Hall–Kier alpha value is -1.41. The molecule has 0 spiro atoms. The van der Waals surface area contributed by atoms with Gasteiger partial charge in [-0.15, -0.1) is 0 Å². The van der Waals surface area contributed by atoms with Crippen molar-refractivity contribution < 1.29 is 29.6 Å². The smallest absolute Gasteiger partial charge is 0.339 e. The molecule has 1 heterocycles. The normalized spacial score (nSPS) is 11.8. The molecule has 0 amide bonds. The maximum Gasteiger partial charge on any atom is 0.339 e. The van der Waals surface area contributed by atoms with Crippen LogP contribution in [-0.2, 0) is 6.54 Å². The fourth-order valence-electron chi connectivity index (χ4n) is 1.44. The lowest BCUT2D eigenvalue weighted by atomic mass is 10.0. The molecule has 0 atom stereocenters. The molecule has 0 saturated heterocycles. The van der Waals surface area contributed by atoms with Crippen molar-refractivity contribution in [1.29, 1.82) is 0 Å². The van der Waals surface area contributed by atoms with Crippen molar-refractivity contribution in [2.24, 2.45) is 0 Å². The summed E-state index contributed by atoms with van der Waals surface area (Å²) < 4.78 is 5.22. The summed E-state index contributed by atoms with van der Waals surface area (Å²) in [6.45, 7) is 0.266. The second-order valence-corrected chi connectivity index (χ2v) is 4.10. The van der Waals surface area contributed by atoms with E-state index < -0.39 is 31.3 Å². The topological polar surface area (TPSA) is 123 Å². The molecule has 0 unspecified atom stereocenters. The number of nitrogens with one attached hydrogen (secondary N) is 1. The molecule has 1 aromatic rings. The Balaban J connectivity index is 2.74. The minimum absolute atomic E-state index is 0.0643. The molecule has 102 valence electrons. The Bertz CT molecular complexity index is 401. The molecule has 7 nitrogen and oxygen atoms in total. The molecular weight excluding hydrogens is 242 g/mol. The van der Waals surface area contributed by atoms with Gasteiger partial charge in [0, 0.05) is 0 Å². The van der Waals surface area contributed by atoms with E-state index in [0.717, 1.165) is 0 Å². The fourth-order valence-corrected chi connectivity index (χ4v) is 1.44. The Morgan fingerprint density at radius 1 is 1.33 bits per heavy atom. The van der Waals surface area contributed by atoms with Gasteiger partial charge < -0.3 is 24.8 Å². The zero-order chi connectivity index (χ0) is 13.8. The highest BCUT2D eigenvalue weighted by Gasteiger charge is 2.27. The average molecular weight is 259 g/mol. The van der Waals surface area contributed by atoms with Crippen LogP contribution >= 0.6 is 0 Å². The molecule has 0 aliphatic rings. The van der Waals surface area contributed by atoms with Gasteiger partial charge in [0.05, 0.1) is 31.9 Å². The predicted molar refractivity (Wildman–Crippen MR) is 61.2 cm³/mol. The third kappa shape index (κ3) is 3.08. The first-order valence-electron chi connectivity index (χ1n) is 5.38. The Labute approximate surface area is 104 Å². The summed E-state index contributed by atoms with van der Waals surface area (Å²) in [5, 5.41) is 38.9. The molecule has 0 saturated carbocycles. The maximum atomic E-state index is 10.8. The van der Waals surface area contributed by atoms with Gasteiger partial charge in [0.25, 0.3) is 0 Å². The quantitative estimate of drug-likeness (QED) is 0.429. The predicted octanol–water partition coefficient (Wildman–Crippen LogP) is -0.908. The van der Waals surface area contributed by atoms with E-state index in [0.29, 0.717) is 5.76 Å². The van der Waals surface area contributed by atoms with Crippen LogP contribution < -0.4 is 5.32 Å². The minimum atomic E-state index is -1.22. The number of carboxylic acids is 1. The molecule has 0 bridgehead atoms. The zero-order valence-electron chi connectivity index (χ0n) is 10.0. The molecule has 0 aliphatic carbocycles. The third-order valence-corrected chi connectivity index (χ3v) is 2.74. The van der Waals surface area contributed by atoms with Crippen LogP contribution in [0.3, 0.4) is 0 Å². The van der Waals surface area contributed by atoms with E-state index in [-0.39, 0.29) is 17.9 Å². The second kappa shape index (κ2) is 5.96. The standard InChI is InChI=1S/C11H17NO6/c1-7-9(10(16)17)2-8(18-7)3-12-11(4-13,5-14)6-15/h2,12-15H,3-6H2,1H3,(H,16,17). The number of hydrogen-bond donors (Lipinski definition) is 5. The van der Waals surface area contributed by atoms with Crippen LogP contribution in [0.4, 0.5) is 0 Å². The van der Waals surface area contributed by atoms with Crippen LogP contribution in [0, 0.1) is 6.92 Å². The molecule has 1 aromatic heterocycles. The Morgan fingerprint density at radius 2 is 1.89 bits per heavy atom. The van der Waals surface area contributed by atoms with Crippen LogP contribution in [0.15, 0.2) is 10.5 Å². The van der Waals surface area contributed by atoms with Crippen LogP contribution in [0.2, 0.25) is 0 Å². The third-order valence-electron chi connectivity index (χ3n) is 2.74. The van der Waals surface area contributed by atoms with Crippen molar-refractivity contribution in [3.8, 4) is 0 Å². The number of aromatic carboxylic acids is 1. The molecule has 0 aromatic carbocycles. The van der Waals surface area contributed by atoms with Crippen molar-refractivity contribution in [3.05, 3.63) is 23.2 Å². The van der Waals surface area contributed by atoms with Gasteiger partial charge in [-0.25, -0.2) is 4.79 Å². The van der Waals surface area contributed by atoms with Gasteiger partial charge in [0.2, 0.25) is 0 Å². The van der Waals surface area contributed by atoms with Gasteiger partial charge in [-0.05, 0) is 13.0 Å². The van der Waals surface area contributed by atoms with E-state index in [4.69, 9.17) is 24.8 Å². The number of carbonyl (C=O) groups is 1. The molecule has 0 fully saturated rings. The van der Waals surface area contributed by atoms with Crippen LogP contribution in [-0.4, -0.2) is 51.8 Å². The van der Waals surface area contributed by atoms with Gasteiger partial charge in [-0.3, -0.25) is 5.32 Å². The molecule has 1 rings (SSSR count). The number of aliphatic hydroxyl groups is 3.